The molecule has 1 saturated carbocycles. The maximum Gasteiger partial charge on any atom is 0.327 e. The predicted molar refractivity (Wildman–Crippen MR) is 75.3 cm³/mol. The number of hydrogen-bond donors (Lipinski definition) is 1. The zero-order chi connectivity index (χ0) is 14.6. The van der Waals surface area contributed by atoms with Crippen molar-refractivity contribution >= 4 is 17.7 Å². The topological polar surface area (TPSA) is 81.9 Å². The molecule has 0 saturated heterocycles. The van der Waals surface area contributed by atoms with Crippen LogP contribution < -0.4 is 5.32 Å². The molecule has 112 valence electrons. The Morgan fingerprint density at radius 1 is 1.55 bits per heavy atom. The first kappa shape index (κ1) is 15.2. The molecule has 7 nitrogen and oxygen atoms in total. The molecule has 1 heterocycles. The summed E-state index contributed by atoms with van der Waals surface area (Å²) in [6, 6.07) is 0. The van der Waals surface area contributed by atoms with Crippen molar-refractivity contribution in [2.75, 3.05) is 18.9 Å². The molecule has 0 bridgehead atoms. The molecule has 1 unspecified atom stereocenters. The summed E-state index contributed by atoms with van der Waals surface area (Å²) in [6.45, 7) is 4.97. The summed E-state index contributed by atoms with van der Waals surface area (Å²) in [5, 5.41) is 15.4. The summed E-state index contributed by atoms with van der Waals surface area (Å²) in [5.74, 6) is 0.764. The van der Waals surface area contributed by atoms with Gasteiger partial charge in [0.25, 0.3) is 0 Å². The minimum Gasteiger partial charge on any atom is -0.465 e. The molecule has 0 spiro atoms. The van der Waals surface area contributed by atoms with E-state index in [1.54, 1.807) is 11.7 Å². The summed E-state index contributed by atoms with van der Waals surface area (Å²) in [5.41, 5.74) is -0.624. The van der Waals surface area contributed by atoms with E-state index in [1.807, 2.05) is 13.8 Å². The van der Waals surface area contributed by atoms with Gasteiger partial charge in [0.1, 0.15) is 5.54 Å². The van der Waals surface area contributed by atoms with E-state index in [1.165, 1.54) is 11.8 Å². The summed E-state index contributed by atoms with van der Waals surface area (Å²) in [6.07, 6.45) is 2.12. The van der Waals surface area contributed by atoms with Crippen molar-refractivity contribution in [3.8, 4) is 0 Å². The van der Waals surface area contributed by atoms with Crippen LogP contribution in [0.3, 0.4) is 0 Å². The van der Waals surface area contributed by atoms with E-state index >= 15 is 0 Å². The van der Waals surface area contributed by atoms with Crippen LogP contribution in [0.4, 0.5) is 0 Å². The summed E-state index contributed by atoms with van der Waals surface area (Å²) < 4.78 is 6.90. The van der Waals surface area contributed by atoms with Crippen LogP contribution in [0.1, 0.15) is 26.7 Å². The lowest BCUT2D eigenvalue weighted by atomic mass is 9.95. The van der Waals surface area contributed by atoms with Crippen LogP contribution in [-0.4, -0.2) is 50.6 Å². The van der Waals surface area contributed by atoms with Crippen molar-refractivity contribution in [2.24, 2.45) is 13.0 Å². The number of carbonyl (C=O) groups excluding carboxylic acids is 1. The number of nitrogens with one attached hydrogen (secondary N) is 1. The first-order chi connectivity index (χ1) is 9.64. The Balaban J connectivity index is 2.12. The van der Waals surface area contributed by atoms with Crippen molar-refractivity contribution in [1.29, 1.82) is 0 Å². The van der Waals surface area contributed by atoms with Gasteiger partial charge < -0.3 is 10.1 Å². The van der Waals surface area contributed by atoms with Gasteiger partial charge >= 0.3 is 5.97 Å². The van der Waals surface area contributed by atoms with E-state index < -0.39 is 5.54 Å². The van der Waals surface area contributed by atoms with Gasteiger partial charge in [-0.1, -0.05) is 18.7 Å². The number of aryl methyl sites for hydroxylation is 1. The molecule has 1 fully saturated rings. The molecular formula is C12H21N5O2S. The molecule has 1 atom stereocenters. The number of likely N-dealkylation sites (N-methyl/N-ethyl adjacent to an activating group) is 1. The number of thioether (sulfide) groups is 1. The van der Waals surface area contributed by atoms with Crippen LogP contribution in [0.5, 0.6) is 0 Å². The van der Waals surface area contributed by atoms with Gasteiger partial charge in [-0.05, 0) is 42.7 Å². The van der Waals surface area contributed by atoms with Gasteiger partial charge in [-0.15, -0.1) is 5.10 Å². The van der Waals surface area contributed by atoms with Crippen molar-refractivity contribution in [3.05, 3.63) is 0 Å². The molecule has 1 aromatic rings. The van der Waals surface area contributed by atoms with Crippen LogP contribution in [0.2, 0.25) is 0 Å². The average molecular weight is 299 g/mol. The fourth-order valence-electron chi connectivity index (χ4n) is 2.28. The lowest BCUT2D eigenvalue weighted by Gasteiger charge is -2.31. The molecule has 8 heteroatoms. The van der Waals surface area contributed by atoms with Gasteiger partial charge in [-0.2, -0.15) is 0 Å². The number of esters is 1. The maximum absolute atomic E-state index is 12.4. The van der Waals surface area contributed by atoms with Crippen molar-refractivity contribution in [2.45, 2.75) is 37.4 Å². The fourth-order valence-corrected chi connectivity index (χ4v) is 3.41. The minimum absolute atomic E-state index is 0.160. The third-order valence-corrected chi connectivity index (χ3v) is 4.62. The fraction of sp³-hybridized carbons (Fsp3) is 0.833. The Morgan fingerprint density at radius 2 is 2.30 bits per heavy atom. The second kappa shape index (κ2) is 6.53. The Bertz CT molecular complexity index is 462. The van der Waals surface area contributed by atoms with Crippen LogP contribution in [-0.2, 0) is 16.6 Å². The highest BCUT2D eigenvalue weighted by Gasteiger charge is 2.51. The zero-order valence-corrected chi connectivity index (χ0v) is 12.9. The van der Waals surface area contributed by atoms with Crippen molar-refractivity contribution in [3.63, 3.8) is 0 Å². The van der Waals surface area contributed by atoms with E-state index in [4.69, 9.17) is 4.74 Å². The highest BCUT2D eigenvalue weighted by atomic mass is 32.2. The van der Waals surface area contributed by atoms with E-state index in [-0.39, 0.29) is 5.97 Å². The molecule has 20 heavy (non-hydrogen) atoms. The lowest BCUT2D eigenvalue weighted by Crippen LogP contribution is -2.57. The van der Waals surface area contributed by atoms with Crippen LogP contribution in [0.25, 0.3) is 0 Å². The normalized spacial score (nSPS) is 17.8. The molecule has 0 aromatic carbocycles. The highest BCUT2D eigenvalue weighted by molar-refractivity contribution is 7.99. The second-order valence-electron chi connectivity index (χ2n) is 4.87. The van der Waals surface area contributed by atoms with Gasteiger partial charge in [0.15, 0.2) is 0 Å². The maximum atomic E-state index is 12.4. The molecule has 2 rings (SSSR count). The molecule has 1 aliphatic carbocycles. The minimum atomic E-state index is -0.624. The number of nitrogens with zero attached hydrogens (tertiary/aromatic N) is 4. The molecule has 0 aliphatic heterocycles. The molecular weight excluding hydrogens is 278 g/mol. The van der Waals surface area contributed by atoms with Crippen molar-refractivity contribution < 1.29 is 9.53 Å². The molecule has 0 radical (unpaired) electrons. The summed E-state index contributed by atoms with van der Waals surface area (Å²) in [4.78, 5) is 12.4. The highest BCUT2D eigenvalue weighted by Crippen LogP contribution is 2.42. The van der Waals surface area contributed by atoms with Gasteiger partial charge in [-0.3, -0.25) is 4.79 Å². The van der Waals surface area contributed by atoms with Crippen LogP contribution >= 0.6 is 11.8 Å². The molecule has 1 aliphatic rings. The first-order valence-corrected chi connectivity index (χ1v) is 7.90. The van der Waals surface area contributed by atoms with Crippen molar-refractivity contribution in [1.82, 2.24) is 25.5 Å². The number of aromatic nitrogens is 4. The molecule has 0 amide bonds. The van der Waals surface area contributed by atoms with Gasteiger partial charge in [0.05, 0.1) is 6.61 Å². The monoisotopic (exact) mass is 299 g/mol. The van der Waals surface area contributed by atoms with E-state index in [2.05, 4.69) is 20.8 Å². The smallest absolute Gasteiger partial charge is 0.327 e. The lowest BCUT2D eigenvalue weighted by molar-refractivity contribution is -0.151. The quantitative estimate of drug-likeness (QED) is 0.556. The van der Waals surface area contributed by atoms with E-state index in [0.717, 1.165) is 19.4 Å². The third-order valence-electron chi connectivity index (χ3n) is 3.42. The Kier molecular flexibility index (Phi) is 4.98. The number of carbonyl (C=O) groups is 1. The van der Waals surface area contributed by atoms with E-state index in [9.17, 15) is 4.79 Å². The molecule has 1 N–H and O–H groups in total. The predicted octanol–water partition coefficient (Wildman–Crippen LogP) is 0.624. The molecule has 1 aromatic heterocycles. The first-order valence-electron chi connectivity index (χ1n) is 6.91. The number of hydrogen-bond acceptors (Lipinski definition) is 7. The van der Waals surface area contributed by atoms with Crippen LogP contribution in [0.15, 0.2) is 5.16 Å². The number of ether oxygens (including phenoxy) is 1. The Morgan fingerprint density at radius 3 is 2.80 bits per heavy atom. The van der Waals surface area contributed by atoms with Gasteiger partial charge in [0.2, 0.25) is 5.16 Å². The zero-order valence-electron chi connectivity index (χ0n) is 12.1. The standard InChI is InChI=1S/C12H21N5O2S/c1-4-13-12(9-6-7-9,10(18)19-5-2)8-20-11-14-15-16-17(11)3/h9,13H,4-8H2,1-3H3. The summed E-state index contributed by atoms with van der Waals surface area (Å²) in [7, 11) is 1.79. The average Bonchev–Trinajstić information content (AvgIpc) is 3.19. The SMILES string of the molecule is CCNC(CSc1nnnn1C)(C(=O)OCC)C1CC1. The van der Waals surface area contributed by atoms with Gasteiger partial charge in [0, 0.05) is 12.8 Å². The Hall–Kier alpha value is -1.15. The largest absolute Gasteiger partial charge is 0.465 e. The van der Waals surface area contributed by atoms with Crippen LogP contribution in [0, 0.1) is 5.92 Å². The number of tetrazole rings is 1. The number of rotatable bonds is 8. The summed E-state index contributed by atoms with van der Waals surface area (Å²) >= 11 is 1.49. The third kappa shape index (κ3) is 3.12. The Labute approximate surface area is 122 Å². The van der Waals surface area contributed by atoms with Gasteiger partial charge in [-0.25, -0.2) is 4.68 Å². The second-order valence-corrected chi connectivity index (χ2v) is 5.81. The van der Waals surface area contributed by atoms with E-state index in [0.29, 0.717) is 23.4 Å².